The molecule has 166 valence electrons. The second kappa shape index (κ2) is 9.96. The quantitative estimate of drug-likeness (QED) is 0.410. The number of phenolic OH excluding ortho intramolecular Hbond substituents is 1. The van der Waals surface area contributed by atoms with Gasteiger partial charge in [0.15, 0.2) is 11.5 Å². The molecule has 0 bridgehead atoms. The molecule has 0 aliphatic rings. The average molecular weight is 456 g/mol. The number of phenols is 1. The highest BCUT2D eigenvalue weighted by Crippen LogP contribution is 2.38. The third-order valence-electron chi connectivity index (χ3n) is 4.24. The summed E-state index contributed by atoms with van der Waals surface area (Å²) in [5.41, 5.74) is 1.98. The maximum absolute atomic E-state index is 11.3. The minimum absolute atomic E-state index is 0.144. The third-order valence-corrected chi connectivity index (χ3v) is 4.91. The second-order valence-corrected chi connectivity index (χ2v) is 7.07. The van der Waals surface area contributed by atoms with Gasteiger partial charge in [-0.2, -0.15) is 9.98 Å². The topological polar surface area (TPSA) is 140 Å². The molecule has 32 heavy (non-hydrogen) atoms. The number of methoxy groups -OCH3 is 2. The van der Waals surface area contributed by atoms with E-state index in [0.29, 0.717) is 23.0 Å². The van der Waals surface area contributed by atoms with E-state index in [1.165, 1.54) is 26.4 Å². The zero-order chi connectivity index (χ0) is 23.3. The lowest BCUT2D eigenvalue weighted by Crippen LogP contribution is -2.14. The Hall–Kier alpha value is -3.86. The molecule has 0 unspecified atom stereocenters. The van der Waals surface area contributed by atoms with E-state index in [1.54, 1.807) is 37.4 Å². The van der Waals surface area contributed by atoms with Crippen molar-refractivity contribution in [3.63, 3.8) is 0 Å². The lowest BCUT2D eigenvalue weighted by Gasteiger charge is -2.13. The lowest BCUT2D eigenvalue weighted by molar-refractivity contribution is 0.206. The van der Waals surface area contributed by atoms with Gasteiger partial charge >= 0.3 is 6.09 Å². The second-order valence-electron chi connectivity index (χ2n) is 6.28. The number of aryl methyl sites for hydroxylation is 1. The number of carboxylic acid groups (broad SMARTS) is 1. The van der Waals surface area contributed by atoms with E-state index in [9.17, 15) is 15.0 Å². The van der Waals surface area contributed by atoms with Gasteiger partial charge in [-0.25, -0.2) is 9.79 Å². The summed E-state index contributed by atoms with van der Waals surface area (Å²) in [6.45, 7) is 1.70. The van der Waals surface area contributed by atoms with Gasteiger partial charge in [-0.05, 0) is 42.7 Å². The predicted octanol–water partition coefficient (Wildman–Crippen LogP) is 4.33. The van der Waals surface area contributed by atoms with Gasteiger partial charge < -0.3 is 24.2 Å². The molecule has 0 fully saturated rings. The Morgan fingerprint density at radius 1 is 1.12 bits per heavy atom. The number of amides is 1. The average Bonchev–Trinajstić information content (AvgIpc) is 3.22. The number of nitrogens with zero attached hydrogens (tertiary/aromatic N) is 4. The zero-order valence-corrected chi connectivity index (χ0v) is 18.5. The fourth-order valence-corrected chi connectivity index (χ4v) is 3.31. The number of carbonyl (C=O) groups is 1. The molecule has 3 rings (SSSR count). The van der Waals surface area contributed by atoms with Crippen LogP contribution in [0.3, 0.4) is 0 Å². The van der Waals surface area contributed by atoms with E-state index >= 15 is 0 Å². The number of hydrogen-bond donors (Lipinski definition) is 2. The van der Waals surface area contributed by atoms with Crippen LogP contribution in [-0.2, 0) is 0 Å². The van der Waals surface area contributed by atoms with Crippen LogP contribution in [0.2, 0.25) is 0 Å². The van der Waals surface area contributed by atoms with E-state index < -0.39 is 6.09 Å². The normalized spacial score (nSPS) is 12.0. The molecular formula is C21H20N4O6S. The van der Waals surface area contributed by atoms with Gasteiger partial charge in [0.25, 0.3) is 0 Å². The van der Waals surface area contributed by atoms with Crippen molar-refractivity contribution >= 4 is 34.3 Å². The molecule has 11 heteroatoms. The van der Waals surface area contributed by atoms with E-state index in [-0.39, 0.29) is 28.0 Å². The summed E-state index contributed by atoms with van der Waals surface area (Å²) in [7, 11) is 2.79. The first-order valence-electron chi connectivity index (χ1n) is 9.17. The largest absolute Gasteiger partial charge is 0.502 e. The highest BCUT2D eigenvalue weighted by molar-refractivity contribution is 8.15. The molecular weight excluding hydrogens is 436 g/mol. The molecule has 0 aliphatic heterocycles. The third kappa shape index (κ3) is 5.06. The van der Waals surface area contributed by atoms with Crippen LogP contribution >= 0.6 is 11.8 Å². The van der Waals surface area contributed by atoms with E-state index in [0.717, 1.165) is 17.3 Å². The fourth-order valence-electron chi connectivity index (χ4n) is 2.78. The molecule has 1 aromatic heterocycles. The molecule has 2 aromatic carbocycles. The van der Waals surface area contributed by atoms with Gasteiger partial charge in [0.05, 0.1) is 19.9 Å². The van der Waals surface area contributed by atoms with Gasteiger partial charge in [-0.15, -0.1) is 11.8 Å². The van der Waals surface area contributed by atoms with E-state index in [1.807, 2.05) is 0 Å². The molecule has 0 saturated heterocycles. The summed E-state index contributed by atoms with van der Waals surface area (Å²) in [4.78, 5) is 23.8. The Morgan fingerprint density at radius 2 is 1.75 bits per heavy atom. The summed E-state index contributed by atoms with van der Waals surface area (Å²) in [5, 5.41) is 23.5. The highest BCUT2D eigenvalue weighted by atomic mass is 32.2. The van der Waals surface area contributed by atoms with Crippen molar-refractivity contribution in [1.82, 2.24) is 10.1 Å². The molecule has 0 saturated carbocycles. The highest BCUT2D eigenvalue weighted by Gasteiger charge is 2.19. The monoisotopic (exact) mass is 456 g/mol. The molecule has 0 spiro atoms. The summed E-state index contributed by atoms with van der Waals surface area (Å²) >= 11 is 1.12. The summed E-state index contributed by atoms with van der Waals surface area (Å²) in [6, 6.07) is 10.1. The number of rotatable bonds is 6. The van der Waals surface area contributed by atoms with E-state index in [4.69, 9.17) is 14.0 Å². The van der Waals surface area contributed by atoms with Crippen molar-refractivity contribution < 1.29 is 29.0 Å². The van der Waals surface area contributed by atoms with Gasteiger partial charge in [0, 0.05) is 18.1 Å². The minimum Gasteiger partial charge on any atom is -0.502 e. The molecule has 10 nitrogen and oxygen atoms in total. The van der Waals surface area contributed by atoms with Crippen molar-refractivity contribution in [3.05, 3.63) is 47.9 Å². The van der Waals surface area contributed by atoms with Crippen LogP contribution < -0.4 is 9.47 Å². The van der Waals surface area contributed by atoms with Gasteiger partial charge in [0.2, 0.25) is 17.5 Å². The first-order valence-corrected chi connectivity index (χ1v) is 10.4. The smallest absolute Gasteiger partial charge is 0.432 e. The maximum Gasteiger partial charge on any atom is 0.432 e. The lowest BCUT2D eigenvalue weighted by atomic mass is 10.1. The van der Waals surface area contributed by atoms with Crippen LogP contribution in [0.5, 0.6) is 17.2 Å². The number of thioether (sulfide) groups is 1. The van der Waals surface area contributed by atoms with Crippen LogP contribution in [-0.4, -0.2) is 57.7 Å². The Kier molecular flexibility index (Phi) is 7.11. The van der Waals surface area contributed by atoms with Crippen molar-refractivity contribution in [1.29, 1.82) is 0 Å². The molecule has 2 N–H and O–H groups in total. The predicted molar refractivity (Wildman–Crippen MR) is 121 cm³/mol. The number of aromatic hydroxyl groups is 1. The van der Waals surface area contributed by atoms with Crippen LogP contribution in [0.1, 0.15) is 11.5 Å². The maximum atomic E-state index is 11.3. The number of aromatic nitrogens is 2. The van der Waals surface area contributed by atoms with Crippen molar-refractivity contribution in [2.45, 2.75) is 6.92 Å². The summed E-state index contributed by atoms with van der Waals surface area (Å²) < 4.78 is 15.4. The van der Waals surface area contributed by atoms with Crippen LogP contribution in [0, 0.1) is 6.92 Å². The Balaban J connectivity index is 2.13. The zero-order valence-electron chi connectivity index (χ0n) is 17.7. The first kappa shape index (κ1) is 22.8. The number of ether oxygens (including phenoxy) is 2. The van der Waals surface area contributed by atoms with Gasteiger partial charge in [0.1, 0.15) is 10.8 Å². The van der Waals surface area contributed by atoms with Crippen molar-refractivity contribution in [3.8, 4) is 28.6 Å². The Morgan fingerprint density at radius 3 is 2.22 bits per heavy atom. The minimum atomic E-state index is -1.36. The number of hydrogen-bond acceptors (Lipinski definition) is 9. The van der Waals surface area contributed by atoms with Gasteiger partial charge in [-0.1, -0.05) is 5.16 Å². The van der Waals surface area contributed by atoms with Crippen molar-refractivity contribution in [2.75, 3.05) is 20.5 Å². The fraction of sp³-hybridized carbons (Fsp3) is 0.190. The van der Waals surface area contributed by atoms with Crippen LogP contribution in [0.15, 0.2) is 50.9 Å². The number of aliphatic imine (C=N–C) groups is 2. The molecule has 1 amide bonds. The standard InChI is InChI=1S/C21H20N4O6S/c1-11-22-19(25-31-11)12-5-7-14(8-6-12)23-17(20(32-4)24-21(27)28)13-9-15(29-2)18(26)16(10-13)30-3/h5-10,26H,1-4H3,(H,27,28). The summed E-state index contributed by atoms with van der Waals surface area (Å²) in [5.74, 6) is 1.01. The first-order chi connectivity index (χ1) is 15.4. The van der Waals surface area contributed by atoms with Gasteiger partial charge in [-0.3, -0.25) is 0 Å². The Bertz CT molecular complexity index is 1160. The van der Waals surface area contributed by atoms with Crippen LogP contribution in [0.4, 0.5) is 10.5 Å². The molecule has 1 heterocycles. The van der Waals surface area contributed by atoms with Crippen LogP contribution in [0.25, 0.3) is 11.4 Å². The molecule has 0 aliphatic carbocycles. The molecule has 0 radical (unpaired) electrons. The van der Waals surface area contributed by atoms with Crippen molar-refractivity contribution in [2.24, 2.45) is 9.98 Å². The summed E-state index contributed by atoms with van der Waals surface area (Å²) in [6.07, 6.45) is 0.330. The Labute approximate surface area is 187 Å². The number of benzene rings is 2. The molecule has 3 aromatic rings. The SMILES string of the molecule is COc1cc(C(=Nc2ccc(-c3noc(C)n3)cc2)C(=NC(=O)O)SC)cc(OC)c1O. The van der Waals surface area contributed by atoms with E-state index in [2.05, 4.69) is 20.1 Å². The molecule has 0 atom stereocenters.